The molecular formula is C30H30FN5O2S. The minimum absolute atomic E-state index is 0.234. The predicted octanol–water partition coefficient (Wildman–Crippen LogP) is 6.65. The van der Waals surface area contributed by atoms with E-state index in [1.807, 2.05) is 76.2 Å². The van der Waals surface area contributed by atoms with E-state index < -0.39 is 6.04 Å². The average Bonchev–Trinajstić information content (AvgIpc) is 3.32. The third kappa shape index (κ3) is 5.54. The number of rotatable bonds is 8. The summed E-state index contributed by atoms with van der Waals surface area (Å²) in [7, 11) is 0. The Morgan fingerprint density at radius 3 is 2.69 bits per heavy atom. The summed E-state index contributed by atoms with van der Waals surface area (Å²) in [5.74, 6) is 1.10. The second-order valence-corrected chi connectivity index (χ2v) is 10.3. The highest BCUT2D eigenvalue weighted by Crippen LogP contribution is 2.38. The first-order chi connectivity index (χ1) is 18.9. The molecule has 1 amide bonds. The number of carbonyl (C=O) groups excluding carboxylic acids is 1. The predicted molar refractivity (Wildman–Crippen MR) is 153 cm³/mol. The Hall–Kier alpha value is -4.11. The van der Waals surface area contributed by atoms with Gasteiger partial charge in [-0.25, -0.2) is 9.07 Å². The van der Waals surface area contributed by atoms with Gasteiger partial charge in [-0.3, -0.25) is 4.79 Å². The second kappa shape index (κ2) is 11.3. The highest BCUT2D eigenvalue weighted by atomic mass is 32.2. The monoisotopic (exact) mass is 543 g/mol. The first kappa shape index (κ1) is 26.5. The van der Waals surface area contributed by atoms with E-state index in [1.165, 1.54) is 17.8 Å². The fourth-order valence-corrected chi connectivity index (χ4v) is 5.39. The topological polar surface area (TPSA) is 81.1 Å². The number of anilines is 2. The molecule has 9 heteroatoms. The van der Waals surface area contributed by atoms with Crippen LogP contribution in [0.25, 0.3) is 0 Å². The van der Waals surface area contributed by atoms with Gasteiger partial charge in [-0.05, 0) is 74.2 Å². The van der Waals surface area contributed by atoms with Crippen molar-refractivity contribution in [2.24, 2.45) is 0 Å². The minimum Gasteiger partial charge on any atom is -0.494 e. The summed E-state index contributed by atoms with van der Waals surface area (Å²) in [6, 6.07) is 19.6. The van der Waals surface area contributed by atoms with Crippen LogP contribution in [-0.4, -0.2) is 27.3 Å². The molecule has 2 N–H and O–H groups in total. The molecule has 0 aliphatic carbocycles. The molecule has 1 atom stereocenters. The number of benzene rings is 3. The number of aryl methyl sites for hydroxylation is 1. The maximum atomic E-state index is 14.2. The van der Waals surface area contributed by atoms with Gasteiger partial charge in [-0.1, -0.05) is 54.2 Å². The molecule has 3 aromatic carbocycles. The number of carbonyl (C=O) groups is 1. The van der Waals surface area contributed by atoms with Crippen LogP contribution in [-0.2, 0) is 10.5 Å². The van der Waals surface area contributed by atoms with Crippen LogP contribution in [0.15, 0.2) is 83.2 Å². The molecule has 0 spiro atoms. The van der Waals surface area contributed by atoms with E-state index >= 15 is 0 Å². The number of thioether (sulfide) groups is 1. The molecule has 7 nitrogen and oxygen atoms in total. The van der Waals surface area contributed by atoms with E-state index in [-0.39, 0.29) is 11.7 Å². The molecule has 200 valence electrons. The summed E-state index contributed by atoms with van der Waals surface area (Å²) < 4.78 is 21.7. The summed E-state index contributed by atoms with van der Waals surface area (Å²) in [4.78, 5) is 18.5. The lowest BCUT2D eigenvalue weighted by Gasteiger charge is -2.29. The zero-order valence-corrected chi connectivity index (χ0v) is 23.1. The molecule has 0 saturated carbocycles. The normalized spacial score (nSPS) is 14.5. The zero-order chi connectivity index (χ0) is 27.5. The summed E-state index contributed by atoms with van der Waals surface area (Å²) in [5.41, 5.74) is 5.47. The molecule has 1 unspecified atom stereocenters. The molecule has 1 aliphatic heterocycles. The van der Waals surface area contributed by atoms with E-state index in [1.54, 1.807) is 16.8 Å². The largest absolute Gasteiger partial charge is 0.494 e. The molecular weight excluding hydrogens is 513 g/mol. The second-order valence-electron chi connectivity index (χ2n) is 9.32. The number of halogens is 1. The first-order valence-corrected chi connectivity index (χ1v) is 13.7. The minimum atomic E-state index is -0.554. The van der Waals surface area contributed by atoms with Crippen LogP contribution in [0.3, 0.4) is 0 Å². The van der Waals surface area contributed by atoms with Crippen LogP contribution < -0.4 is 15.4 Å². The number of amides is 1. The molecule has 1 aromatic heterocycles. The van der Waals surface area contributed by atoms with Gasteiger partial charge in [0.2, 0.25) is 11.1 Å². The Balaban J connectivity index is 1.52. The van der Waals surface area contributed by atoms with Crippen molar-refractivity contribution in [2.75, 3.05) is 17.2 Å². The molecule has 0 radical (unpaired) electrons. The van der Waals surface area contributed by atoms with E-state index in [9.17, 15) is 9.18 Å². The van der Waals surface area contributed by atoms with Crippen LogP contribution in [0.2, 0.25) is 0 Å². The van der Waals surface area contributed by atoms with E-state index in [4.69, 9.17) is 9.84 Å². The Bertz CT molecular complexity index is 1560. The maximum Gasteiger partial charge on any atom is 0.255 e. The van der Waals surface area contributed by atoms with Gasteiger partial charge in [0.25, 0.3) is 5.91 Å². The number of fused-ring (bicyclic) bond motifs is 1. The van der Waals surface area contributed by atoms with Gasteiger partial charge in [-0.2, -0.15) is 4.98 Å². The van der Waals surface area contributed by atoms with Crippen LogP contribution in [0.1, 0.15) is 42.1 Å². The lowest BCUT2D eigenvalue weighted by atomic mass is 9.94. The number of nitrogens with zero attached hydrogens (tertiary/aromatic N) is 3. The lowest BCUT2D eigenvalue weighted by Crippen LogP contribution is -2.31. The maximum absolute atomic E-state index is 14.2. The van der Waals surface area contributed by atoms with Gasteiger partial charge < -0.3 is 15.4 Å². The third-order valence-corrected chi connectivity index (χ3v) is 7.62. The number of allylic oxidation sites excluding steroid dienone is 1. The standard InChI is InChI=1S/C30H30FN5O2S/c1-5-38-23-13-9-12-21(16-23)27-26(28(37)33-25-15-8-10-18(2)19(25)3)20(4)32-29-34-30(35-36(27)29)39-17-22-11-6-7-14-24(22)31/h6-16,27H,5,17H2,1-4H3,(H,33,37)(H,32,34,35). The molecule has 1 aliphatic rings. The Labute approximate surface area is 231 Å². The molecule has 39 heavy (non-hydrogen) atoms. The number of aromatic nitrogens is 3. The lowest BCUT2D eigenvalue weighted by molar-refractivity contribution is -0.113. The van der Waals surface area contributed by atoms with Crippen molar-refractivity contribution in [2.45, 2.75) is 44.6 Å². The molecule has 5 rings (SSSR count). The number of hydrogen-bond donors (Lipinski definition) is 2. The van der Waals surface area contributed by atoms with Gasteiger partial charge in [0, 0.05) is 17.1 Å². The Morgan fingerprint density at radius 1 is 1.10 bits per heavy atom. The van der Waals surface area contributed by atoms with Gasteiger partial charge >= 0.3 is 0 Å². The van der Waals surface area contributed by atoms with Crippen molar-refractivity contribution < 1.29 is 13.9 Å². The quantitative estimate of drug-likeness (QED) is 0.242. The molecule has 4 aromatic rings. The van der Waals surface area contributed by atoms with E-state index in [0.29, 0.717) is 46.0 Å². The zero-order valence-electron chi connectivity index (χ0n) is 22.3. The highest BCUT2D eigenvalue weighted by molar-refractivity contribution is 7.98. The summed E-state index contributed by atoms with van der Waals surface area (Å²) in [6.07, 6.45) is 0. The van der Waals surface area contributed by atoms with Gasteiger partial charge in [-0.15, -0.1) is 5.10 Å². The number of nitrogens with one attached hydrogen (secondary N) is 2. The molecule has 0 fully saturated rings. The fraction of sp³-hybridized carbons (Fsp3) is 0.233. The first-order valence-electron chi connectivity index (χ1n) is 12.8. The van der Waals surface area contributed by atoms with E-state index in [0.717, 1.165) is 22.4 Å². The van der Waals surface area contributed by atoms with Crippen molar-refractivity contribution in [3.63, 3.8) is 0 Å². The van der Waals surface area contributed by atoms with Crippen molar-refractivity contribution >= 4 is 29.3 Å². The molecule has 0 saturated heterocycles. The van der Waals surface area contributed by atoms with Crippen LogP contribution in [0.5, 0.6) is 5.75 Å². The van der Waals surface area contributed by atoms with Gasteiger partial charge in [0.1, 0.15) is 17.6 Å². The third-order valence-electron chi connectivity index (χ3n) is 6.73. The van der Waals surface area contributed by atoms with Crippen molar-refractivity contribution in [1.29, 1.82) is 0 Å². The van der Waals surface area contributed by atoms with Crippen LogP contribution >= 0.6 is 11.8 Å². The van der Waals surface area contributed by atoms with Gasteiger partial charge in [0.15, 0.2) is 0 Å². The summed E-state index contributed by atoms with van der Waals surface area (Å²) in [6.45, 7) is 8.32. The number of ether oxygens (including phenoxy) is 1. The van der Waals surface area contributed by atoms with Crippen molar-refractivity contribution in [3.05, 3.63) is 106 Å². The highest BCUT2D eigenvalue weighted by Gasteiger charge is 2.35. The average molecular weight is 544 g/mol. The van der Waals surface area contributed by atoms with Crippen LogP contribution in [0.4, 0.5) is 16.0 Å². The fourth-order valence-electron chi connectivity index (χ4n) is 4.57. The Kier molecular flexibility index (Phi) is 7.70. The molecule has 0 bridgehead atoms. The SMILES string of the molecule is CCOc1cccc(C2C(C(=O)Nc3cccc(C)c3C)=C(C)Nc3nc(SCc4ccccc4F)nn32)c1. The van der Waals surface area contributed by atoms with E-state index in [2.05, 4.69) is 15.6 Å². The Morgan fingerprint density at radius 2 is 1.90 bits per heavy atom. The van der Waals surface area contributed by atoms with Gasteiger partial charge in [0.05, 0.1) is 12.2 Å². The number of hydrogen-bond acceptors (Lipinski definition) is 6. The van der Waals surface area contributed by atoms with Crippen LogP contribution in [0, 0.1) is 19.7 Å². The smallest absolute Gasteiger partial charge is 0.255 e. The van der Waals surface area contributed by atoms with Crippen molar-refractivity contribution in [3.8, 4) is 5.75 Å². The molecule has 2 heterocycles. The van der Waals surface area contributed by atoms with Crippen molar-refractivity contribution in [1.82, 2.24) is 14.8 Å². The summed E-state index contributed by atoms with van der Waals surface area (Å²) in [5, 5.41) is 11.6. The summed E-state index contributed by atoms with van der Waals surface area (Å²) >= 11 is 1.34.